The highest BCUT2D eigenvalue weighted by atomic mass is 15.3. The van der Waals surface area contributed by atoms with E-state index in [4.69, 9.17) is 0 Å². The molecule has 0 amide bonds. The summed E-state index contributed by atoms with van der Waals surface area (Å²) in [4.78, 5) is 8.99. The number of aromatic amines is 1. The third-order valence-corrected chi connectivity index (χ3v) is 4.61. The van der Waals surface area contributed by atoms with E-state index in [1.807, 2.05) is 47.4 Å². The Kier molecular flexibility index (Phi) is 3.57. The Morgan fingerprint density at radius 1 is 1.04 bits per heavy atom. The topological polar surface area (TPSA) is 84.3 Å². The molecule has 0 spiro atoms. The van der Waals surface area contributed by atoms with Crippen molar-refractivity contribution in [2.75, 3.05) is 5.32 Å². The van der Waals surface area contributed by atoms with Gasteiger partial charge in [0.15, 0.2) is 5.82 Å². The molecule has 0 saturated carbocycles. The number of fused-ring (bicyclic) bond motifs is 2. The number of H-pyrrole nitrogens is 1. The zero-order valence-electron chi connectivity index (χ0n) is 14.7. The van der Waals surface area contributed by atoms with Gasteiger partial charge in [0.25, 0.3) is 0 Å². The molecule has 0 unspecified atom stereocenters. The highest BCUT2D eigenvalue weighted by Gasteiger charge is 2.11. The minimum Gasteiger partial charge on any atom is -0.337 e. The van der Waals surface area contributed by atoms with E-state index in [-0.39, 0.29) is 0 Å². The highest BCUT2D eigenvalue weighted by Crippen LogP contribution is 2.30. The molecule has 7 nitrogen and oxygen atoms in total. The van der Waals surface area contributed by atoms with Gasteiger partial charge in [-0.25, -0.2) is 0 Å². The summed E-state index contributed by atoms with van der Waals surface area (Å²) >= 11 is 0. The van der Waals surface area contributed by atoms with Gasteiger partial charge in [0.05, 0.1) is 16.9 Å². The number of aryl methyl sites for hydroxylation is 1. The van der Waals surface area contributed by atoms with E-state index in [2.05, 4.69) is 49.6 Å². The molecular weight excluding hydrogens is 338 g/mol. The maximum atomic E-state index is 4.60. The fourth-order valence-corrected chi connectivity index (χ4v) is 3.32. The average molecular weight is 355 g/mol. The van der Waals surface area contributed by atoms with Crippen molar-refractivity contribution < 1.29 is 0 Å². The summed E-state index contributed by atoms with van der Waals surface area (Å²) in [6.07, 6.45) is 5.41. The van der Waals surface area contributed by atoms with Gasteiger partial charge in [-0.2, -0.15) is 10.2 Å². The number of rotatable bonds is 4. The van der Waals surface area contributed by atoms with E-state index < -0.39 is 0 Å². The number of nitrogens with one attached hydrogen (secondary N) is 2. The molecule has 0 aliphatic heterocycles. The van der Waals surface area contributed by atoms with Crippen LogP contribution in [-0.4, -0.2) is 29.9 Å². The highest BCUT2D eigenvalue weighted by molar-refractivity contribution is 5.96. The molecule has 132 valence electrons. The average Bonchev–Trinajstić information content (AvgIpc) is 3.34. The molecule has 0 fully saturated rings. The Labute approximate surface area is 155 Å². The summed E-state index contributed by atoms with van der Waals surface area (Å²) < 4.78 is 1.95. The Morgan fingerprint density at radius 2 is 2.00 bits per heavy atom. The first-order valence-corrected chi connectivity index (χ1v) is 8.80. The zero-order chi connectivity index (χ0) is 18.2. The lowest BCUT2D eigenvalue weighted by atomic mass is 10.1. The van der Waals surface area contributed by atoms with Gasteiger partial charge >= 0.3 is 0 Å². The van der Waals surface area contributed by atoms with Crippen LogP contribution >= 0.6 is 0 Å². The predicted octanol–water partition coefficient (Wildman–Crippen LogP) is 4.13. The zero-order valence-corrected chi connectivity index (χ0v) is 14.7. The largest absolute Gasteiger partial charge is 0.337 e. The minimum atomic E-state index is 0.711. The molecule has 0 aliphatic rings. The van der Waals surface area contributed by atoms with Crippen LogP contribution < -0.4 is 5.32 Å². The van der Waals surface area contributed by atoms with Gasteiger partial charge in [-0.15, -0.1) is 0 Å². The second-order valence-electron chi connectivity index (χ2n) is 6.22. The van der Waals surface area contributed by atoms with Gasteiger partial charge in [-0.1, -0.05) is 6.07 Å². The number of benzene rings is 1. The molecule has 2 N–H and O–H groups in total. The lowest BCUT2D eigenvalue weighted by Gasteiger charge is -2.10. The second-order valence-corrected chi connectivity index (χ2v) is 6.22. The summed E-state index contributed by atoms with van der Waals surface area (Å²) in [7, 11) is 0. The van der Waals surface area contributed by atoms with Crippen LogP contribution in [0.15, 0.2) is 61.1 Å². The molecule has 4 aromatic heterocycles. The quantitative estimate of drug-likeness (QED) is 0.506. The van der Waals surface area contributed by atoms with Crippen LogP contribution in [0.5, 0.6) is 0 Å². The number of anilines is 2. The molecule has 0 saturated heterocycles. The van der Waals surface area contributed by atoms with Crippen molar-refractivity contribution >= 4 is 33.3 Å². The van der Waals surface area contributed by atoms with Gasteiger partial charge in [-0.3, -0.25) is 19.7 Å². The van der Waals surface area contributed by atoms with Gasteiger partial charge < -0.3 is 5.32 Å². The van der Waals surface area contributed by atoms with E-state index in [0.29, 0.717) is 5.82 Å². The van der Waals surface area contributed by atoms with E-state index in [1.54, 1.807) is 6.20 Å². The summed E-state index contributed by atoms with van der Waals surface area (Å²) in [6, 6.07) is 14.1. The van der Waals surface area contributed by atoms with Crippen LogP contribution in [0.3, 0.4) is 0 Å². The van der Waals surface area contributed by atoms with Crippen LogP contribution in [0, 0.1) is 0 Å². The molecule has 5 aromatic rings. The van der Waals surface area contributed by atoms with Crippen molar-refractivity contribution in [3.63, 3.8) is 0 Å². The SMILES string of the molecule is CCn1nccc1-c1nccc2cc(Nc3n[nH]c4cccnc34)ccc12. The monoisotopic (exact) mass is 355 g/mol. The normalized spacial score (nSPS) is 11.3. The van der Waals surface area contributed by atoms with Crippen molar-refractivity contribution in [1.29, 1.82) is 0 Å². The predicted molar refractivity (Wildman–Crippen MR) is 106 cm³/mol. The number of aromatic nitrogens is 6. The first-order chi connectivity index (χ1) is 13.3. The third kappa shape index (κ3) is 2.60. The molecular formula is C20H17N7. The molecule has 0 bridgehead atoms. The van der Waals surface area contributed by atoms with Gasteiger partial charge in [-0.05, 0) is 48.7 Å². The Bertz CT molecular complexity index is 1250. The van der Waals surface area contributed by atoms with E-state index in [1.165, 1.54) is 0 Å². The van der Waals surface area contributed by atoms with E-state index in [0.717, 1.165) is 45.4 Å². The lowest BCUT2D eigenvalue weighted by Crippen LogP contribution is -2.00. The first kappa shape index (κ1) is 15.5. The van der Waals surface area contributed by atoms with Gasteiger partial charge in [0.1, 0.15) is 5.52 Å². The number of pyridine rings is 2. The van der Waals surface area contributed by atoms with Crippen molar-refractivity contribution in [3.8, 4) is 11.4 Å². The van der Waals surface area contributed by atoms with Gasteiger partial charge in [0, 0.05) is 36.2 Å². The molecule has 7 heteroatoms. The molecule has 1 aromatic carbocycles. The molecule has 4 heterocycles. The standard InChI is InChI=1S/C20H17N7/c1-2-27-17(8-11-23-27)18-15-6-5-14(12-13(15)7-10-22-18)24-20-19-16(25-26-20)4-3-9-21-19/h3-12H,2H2,1H3,(H2,24,25,26). The number of hydrogen-bond donors (Lipinski definition) is 2. The second kappa shape index (κ2) is 6.21. The summed E-state index contributed by atoms with van der Waals surface area (Å²) in [5.74, 6) is 0.711. The summed E-state index contributed by atoms with van der Waals surface area (Å²) in [6.45, 7) is 2.88. The Balaban J connectivity index is 1.57. The molecule has 5 rings (SSSR count). The Hall–Kier alpha value is -3.74. The first-order valence-electron chi connectivity index (χ1n) is 8.80. The molecule has 27 heavy (non-hydrogen) atoms. The summed E-state index contributed by atoms with van der Waals surface area (Å²) in [5.41, 5.74) is 4.62. The van der Waals surface area contributed by atoms with Crippen LogP contribution in [0.2, 0.25) is 0 Å². The molecule has 0 atom stereocenters. The fourth-order valence-electron chi connectivity index (χ4n) is 3.32. The summed E-state index contributed by atoms with van der Waals surface area (Å²) in [5, 5.41) is 17.2. The van der Waals surface area contributed by atoms with E-state index >= 15 is 0 Å². The van der Waals surface area contributed by atoms with Gasteiger partial charge in [0.2, 0.25) is 0 Å². The van der Waals surface area contributed by atoms with Crippen LogP contribution in [-0.2, 0) is 6.54 Å². The Morgan fingerprint density at radius 3 is 2.93 bits per heavy atom. The third-order valence-electron chi connectivity index (χ3n) is 4.61. The number of hydrogen-bond acceptors (Lipinski definition) is 5. The van der Waals surface area contributed by atoms with E-state index in [9.17, 15) is 0 Å². The van der Waals surface area contributed by atoms with Crippen molar-refractivity contribution in [2.45, 2.75) is 13.5 Å². The number of nitrogens with zero attached hydrogens (tertiary/aromatic N) is 5. The van der Waals surface area contributed by atoms with Crippen molar-refractivity contribution in [3.05, 3.63) is 61.1 Å². The lowest BCUT2D eigenvalue weighted by molar-refractivity contribution is 0.666. The van der Waals surface area contributed by atoms with Crippen molar-refractivity contribution in [2.24, 2.45) is 0 Å². The maximum absolute atomic E-state index is 4.60. The van der Waals surface area contributed by atoms with Crippen molar-refractivity contribution in [1.82, 2.24) is 29.9 Å². The van der Waals surface area contributed by atoms with Crippen LogP contribution in [0.4, 0.5) is 11.5 Å². The van der Waals surface area contributed by atoms with Crippen LogP contribution in [0.25, 0.3) is 33.2 Å². The molecule has 0 radical (unpaired) electrons. The fraction of sp³-hybridized carbons (Fsp3) is 0.100. The minimum absolute atomic E-state index is 0.711. The maximum Gasteiger partial charge on any atom is 0.178 e. The molecule has 0 aliphatic carbocycles. The van der Waals surface area contributed by atoms with Crippen LogP contribution in [0.1, 0.15) is 6.92 Å². The smallest absolute Gasteiger partial charge is 0.178 e.